The minimum absolute atomic E-state index is 0.202. The van der Waals surface area contributed by atoms with Crippen LogP contribution in [-0.4, -0.2) is 33.1 Å². The van der Waals surface area contributed by atoms with Gasteiger partial charge >= 0.3 is 11.9 Å². The quantitative estimate of drug-likeness (QED) is 0.772. The molecule has 0 aliphatic carbocycles. The minimum atomic E-state index is -0.602. The molecule has 138 valence electrons. The highest BCUT2D eigenvalue weighted by atomic mass is 16.6. The van der Waals surface area contributed by atoms with E-state index in [0.717, 1.165) is 11.1 Å². The van der Waals surface area contributed by atoms with Crippen LogP contribution in [0.3, 0.4) is 0 Å². The van der Waals surface area contributed by atoms with E-state index in [-0.39, 0.29) is 11.4 Å². The fourth-order valence-corrected chi connectivity index (χ4v) is 2.10. The molecule has 26 heavy (non-hydrogen) atoms. The van der Waals surface area contributed by atoms with E-state index in [2.05, 4.69) is 9.97 Å². The van der Waals surface area contributed by atoms with Gasteiger partial charge in [-0.2, -0.15) is 0 Å². The largest absolute Gasteiger partial charge is 0.455 e. The van der Waals surface area contributed by atoms with Gasteiger partial charge in [-0.15, -0.1) is 0 Å². The Bertz CT molecular complexity index is 748. The molecule has 2 aromatic rings. The van der Waals surface area contributed by atoms with Gasteiger partial charge in [0.1, 0.15) is 22.6 Å². The summed E-state index contributed by atoms with van der Waals surface area (Å²) in [6.07, 6.45) is 3.06. The van der Waals surface area contributed by atoms with Gasteiger partial charge in [0, 0.05) is 12.4 Å². The SMILES string of the molecule is CC(C)(C)OC(=O)c1cc(-c2ccnc(C(=O)OC(C)(C)C)c2)ccn1. The van der Waals surface area contributed by atoms with Gasteiger partial charge in [0.2, 0.25) is 0 Å². The Kier molecular flexibility index (Phi) is 5.44. The number of esters is 2. The van der Waals surface area contributed by atoms with E-state index in [1.54, 1.807) is 65.8 Å². The molecule has 0 aliphatic rings. The molecule has 0 saturated heterocycles. The smallest absolute Gasteiger partial charge is 0.357 e. The number of nitrogens with zero attached hydrogens (tertiary/aromatic N) is 2. The first-order valence-electron chi connectivity index (χ1n) is 8.34. The molecule has 0 fully saturated rings. The predicted molar refractivity (Wildman–Crippen MR) is 97.8 cm³/mol. The van der Waals surface area contributed by atoms with Crippen LogP contribution < -0.4 is 0 Å². The van der Waals surface area contributed by atoms with Crippen LogP contribution in [0.25, 0.3) is 11.1 Å². The lowest BCUT2D eigenvalue weighted by Crippen LogP contribution is -2.24. The number of hydrogen-bond donors (Lipinski definition) is 0. The van der Waals surface area contributed by atoms with Gasteiger partial charge in [-0.1, -0.05) is 0 Å². The lowest BCUT2D eigenvalue weighted by atomic mass is 10.1. The third-order valence-electron chi connectivity index (χ3n) is 3.07. The second-order valence-corrected chi connectivity index (χ2v) is 7.86. The Morgan fingerprint density at radius 2 is 1.08 bits per heavy atom. The number of ether oxygens (including phenoxy) is 2. The first kappa shape index (κ1) is 19.6. The summed E-state index contributed by atoms with van der Waals surface area (Å²) in [6.45, 7) is 10.8. The molecule has 0 N–H and O–H groups in total. The average Bonchev–Trinajstić information content (AvgIpc) is 2.52. The first-order chi connectivity index (χ1) is 11.9. The number of pyridine rings is 2. The highest BCUT2D eigenvalue weighted by Gasteiger charge is 2.21. The monoisotopic (exact) mass is 356 g/mol. The minimum Gasteiger partial charge on any atom is -0.455 e. The van der Waals surface area contributed by atoms with Crippen molar-refractivity contribution < 1.29 is 19.1 Å². The summed E-state index contributed by atoms with van der Waals surface area (Å²) >= 11 is 0. The molecule has 0 aliphatic heterocycles. The highest BCUT2D eigenvalue weighted by molar-refractivity contribution is 5.91. The maximum atomic E-state index is 12.2. The summed E-state index contributed by atoms with van der Waals surface area (Å²) in [6, 6.07) is 6.76. The Morgan fingerprint density at radius 1 is 0.731 bits per heavy atom. The molecule has 2 rings (SSSR count). The van der Waals surface area contributed by atoms with Crippen LogP contribution in [-0.2, 0) is 9.47 Å². The van der Waals surface area contributed by atoms with Crippen molar-refractivity contribution in [3.8, 4) is 11.1 Å². The van der Waals surface area contributed by atoms with E-state index in [1.807, 2.05) is 0 Å². The summed E-state index contributed by atoms with van der Waals surface area (Å²) in [7, 11) is 0. The molecule has 0 spiro atoms. The highest BCUT2D eigenvalue weighted by Crippen LogP contribution is 2.22. The molecule has 2 heterocycles. The van der Waals surface area contributed by atoms with Crippen LogP contribution in [0.5, 0.6) is 0 Å². The zero-order valence-electron chi connectivity index (χ0n) is 16.0. The zero-order chi connectivity index (χ0) is 19.5. The van der Waals surface area contributed by atoms with E-state index < -0.39 is 23.1 Å². The predicted octanol–water partition coefficient (Wildman–Crippen LogP) is 4.05. The van der Waals surface area contributed by atoms with Gasteiger partial charge in [-0.3, -0.25) is 0 Å². The number of aromatic nitrogens is 2. The Morgan fingerprint density at radius 3 is 1.38 bits per heavy atom. The van der Waals surface area contributed by atoms with Crippen molar-refractivity contribution in [2.45, 2.75) is 52.7 Å². The summed E-state index contributed by atoms with van der Waals surface area (Å²) in [5.74, 6) is -0.999. The van der Waals surface area contributed by atoms with E-state index in [9.17, 15) is 9.59 Å². The second-order valence-electron chi connectivity index (χ2n) is 7.86. The van der Waals surface area contributed by atoms with Crippen LogP contribution in [0.2, 0.25) is 0 Å². The van der Waals surface area contributed by atoms with Crippen LogP contribution in [0, 0.1) is 0 Å². The van der Waals surface area contributed by atoms with Gasteiger partial charge in [0.05, 0.1) is 0 Å². The van der Waals surface area contributed by atoms with Crippen molar-refractivity contribution in [3.05, 3.63) is 48.0 Å². The number of carbonyl (C=O) groups is 2. The van der Waals surface area contributed by atoms with Gasteiger partial charge in [0.15, 0.2) is 0 Å². The van der Waals surface area contributed by atoms with Gasteiger partial charge < -0.3 is 9.47 Å². The van der Waals surface area contributed by atoms with Crippen LogP contribution in [0.1, 0.15) is 62.5 Å². The molecule has 0 radical (unpaired) electrons. The molecular weight excluding hydrogens is 332 g/mol. The third-order valence-corrected chi connectivity index (χ3v) is 3.07. The molecule has 0 unspecified atom stereocenters. The normalized spacial score (nSPS) is 11.8. The molecule has 0 saturated carbocycles. The Balaban J connectivity index is 2.29. The third kappa shape index (κ3) is 5.65. The molecule has 6 nitrogen and oxygen atoms in total. The van der Waals surface area contributed by atoms with Crippen LogP contribution in [0.15, 0.2) is 36.7 Å². The molecule has 0 aromatic carbocycles. The summed E-state index contributed by atoms with van der Waals surface area (Å²) in [5, 5.41) is 0. The van der Waals surface area contributed by atoms with Gasteiger partial charge in [-0.25, -0.2) is 19.6 Å². The van der Waals surface area contributed by atoms with Gasteiger partial charge in [0.25, 0.3) is 0 Å². The topological polar surface area (TPSA) is 78.4 Å². The molecule has 0 amide bonds. The number of rotatable bonds is 3. The van der Waals surface area contributed by atoms with Crippen molar-refractivity contribution in [1.82, 2.24) is 9.97 Å². The Labute approximate surface area is 153 Å². The summed E-state index contributed by atoms with van der Waals surface area (Å²) in [5.41, 5.74) is 0.659. The van der Waals surface area contributed by atoms with Crippen molar-refractivity contribution in [3.63, 3.8) is 0 Å². The second kappa shape index (κ2) is 7.23. The van der Waals surface area contributed by atoms with Crippen molar-refractivity contribution in [2.24, 2.45) is 0 Å². The fourth-order valence-electron chi connectivity index (χ4n) is 2.10. The molecular formula is C20H24N2O4. The van der Waals surface area contributed by atoms with E-state index in [4.69, 9.17) is 9.47 Å². The van der Waals surface area contributed by atoms with E-state index in [1.165, 1.54) is 12.4 Å². The number of hydrogen-bond acceptors (Lipinski definition) is 6. The Hall–Kier alpha value is -2.76. The van der Waals surface area contributed by atoms with E-state index in [0.29, 0.717) is 0 Å². The lowest BCUT2D eigenvalue weighted by molar-refractivity contribution is 0.00503. The number of carbonyl (C=O) groups excluding carboxylic acids is 2. The zero-order valence-corrected chi connectivity index (χ0v) is 16.0. The van der Waals surface area contributed by atoms with Crippen molar-refractivity contribution in [2.75, 3.05) is 0 Å². The maximum Gasteiger partial charge on any atom is 0.357 e. The van der Waals surface area contributed by atoms with Crippen LogP contribution in [0.4, 0.5) is 0 Å². The lowest BCUT2D eigenvalue weighted by Gasteiger charge is -2.19. The first-order valence-corrected chi connectivity index (χ1v) is 8.34. The summed E-state index contributed by atoms with van der Waals surface area (Å²) < 4.78 is 10.7. The summed E-state index contributed by atoms with van der Waals surface area (Å²) in [4.78, 5) is 32.6. The molecule has 0 atom stereocenters. The van der Waals surface area contributed by atoms with Crippen LogP contribution >= 0.6 is 0 Å². The maximum absolute atomic E-state index is 12.2. The molecule has 2 aromatic heterocycles. The van der Waals surface area contributed by atoms with Gasteiger partial charge in [-0.05, 0) is 76.9 Å². The van der Waals surface area contributed by atoms with Crippen molar-refractivity contribution >= 4 is 11.9 Å². The molecule has 6 heteroatoms. The molecule has 0 bridgehead atoms. The van der Waals surface area contributed by atoms with E-state index >= 15 is 0 Å². The average molecular weight is 356 g/mol. The van der Waals surface area contributed by atoms with Crippen molar-refractivity contribution in [1.29, 1.82) is 0 Å². The standard InChI is InChI=1S/C20H24N2O4/c1-19(2,3)25-17(23)15-11-13(7-9-21-15)14-8-10-22-16(12-14)18(24)26-20(4,5)6/h7-12H,1-6H3. The fraction of sp³-hybridized carbons (Fsp3) is 0.400.